The van der Waals surface area contributed by atoms with E-state index in [4.69, 9.17) is 0 Å². The summed E-state index contributed by atoms with van der Waals surface area (Å²) in [5.74, 6) is 0. The number of anilines is 3. The van der Waals surface area contributed by atoms with Crippen molar-refractivity contribution in [1.29, 1.82) is 0 Å². The highest BCUT2D eigenvalue weighted by molar-refractivity contribution is 7.26. The summed E-state index contributed by atoms with van der Waals surface area (Å²) >= 11 is 3.73. The first-order valence-electron chi connectivity index (χ1n) is 19.8. The standard InChI is InChI=1S/C55H35NS2/c1-3-15-37(16-4-1)55(38-17-5-2-6-18-38)46-23-10-7-20-43(46)54-47(55)24-14-25-48(54)56(40-33-34-51-45(35-40)42-19-8-11-26-49(42)57-51)39-31-29-36(30-32-39)41-22-13-28-52-53(41)44-21-9-12-27-50(44)58-52/h1-35H. The minimum absolute atomic E-state index is 0.491. The Balaban J connectivity index is 1.12. The zero-order chi connectivity index (χ0) is 38.2. The molecule has 0 saturated heterocycles. The van der Waals surface area contributed by atoms with Crippen LogP contribution in [-0.4, -0.2) is 0 Å². The topological polar surface area (TPSA) is 3.24 Å². The fourth-order valence-electron chi connectivity index (χ4n) is 9.75. The number of rotatable bonds is 6. The van der Waals surface area contributed by atoms with Crippen LogP contribution in [0.4, 0.5) is 17.1 Å². The number of hydrogen-bond acceptors (Lipinski definition) is 3. The van der Waals surface area contributed by atoms with Crippen LogP contribution in [0.5, 0.6) is 0 Å². The summed E-state index contributed by atoms with van der Waals surface area (Å²) in [4.78, 5) is 2.50. The normalized spacial score (nSPS) is 13.0. The van der Waals surface area contributed by atoms with Crippen molar-refractivity contribution in [3.63, 3.8) is 0 Å². The zero-order valence-corrected chi connectivity index (χ0v) is 33.1. The highest BCUT2D eigenvalue weighted by atomic mass is 32.1. The van der Waals surface area contributed by atoms with E-state index in [1.165, 1.54) is 84.9 Å². The molecule has 0 amide bonds. The van der Waals surface area contributed by atoms with Gasteiger partial charge in [0, 0.05) is 57.3 Å². The fourth-order valence-corrected chi connectivity index (χ4v) is 12.0. The highest BCUT2D eigenvalue weighted by Gasteiger charge is 2.47. The minimum Gasteiger partial charge on any atom is -0.310 e. The molecule has 1 nitrogen and oxygen atoms in total. The van der Waals surface area contributed by atoms with E-state index < -0.39 is 5.41 Å². The number of hydrogen-bond donors (Lipinski definition) is 0. The molecule has 1 aliphatic rings. The van der Waals surface area contributed by atoms with Gasteiger partial charge in [0.05, 0.1) is 11.1 Å². The van der Waals surface area contributed by atoms with Gasteiger partial charge in [0.1, 0.15) is 0 Å². The van der Waals surface area contributed by atoms with Crippen LogP contribution in [0, 0.1) is 0 Å². The van der Waals surface area contributed by atoms with E-state index >= 15 is 0 Å². The number of benzene rings is 9. The molecule has 0 N–H and O–H groups in total. The van der Waals surface area contributed by atoms with Gasteiger partial charge in [0.25, 0.3) is 0 Å². The van der Waals surface area contributed by atoms with E-state index in [2.05, 4.69) is 217 Å². The Morgan fingerprint density at radius 1 is 0.362 bits per heavy atom. The monoisotopic (exact) mass is 773 g/mol. The van der Waals surface area contributed by atoms with Crippen LogP contribution >= 0.6 is 22.7 Å². The molecular weight excluding hydrogens is 739 g/mol. The third kappa shape index (κ3) is 4.87. The molecule has 272 valence electrons. The van der Waals surface area contributed by atoms with Gasteiger partial charge in [-0.15, -0.1) is 22.7 Å². The Hall–Kier alpha value is -6.78. The van der Waals surface area contributed by atoms with Crippen molar-refractivity contribution in [2.75, 3.05) is 4.90 Å². The van der Waals surface area contributed by atoms with Gasteiger partial charge in [-0.3, -0.25) is 0 Å². The lowest BCUT2D eigenvalue weighted by molar-refractivity contribution is 0.768. The van der Waals surface area contributed by atoms with Gasteiger partial charge < -0.3 is 4.90 Å². The van der Waals surface area contributed by atoms with E-state index in [1.807, 2.05) is 22.7 Å². The summed E-state index contributed by atoms with van der Waals surface area (Å²) < 4.78 is 5.25. The van der Waals surface area contributed by atoms with Crippen LogP contribution in [0.15, 0.2) is 212 Å². The zero-order valence-electron chi connectivity index (χ0n) is 31.5. The van der Waals surface area contributed by atoms with Gasteiger partial charge in [0.2, 0.25) is 0 Å². The number of nitrogens with zero attached hydrogens (tertiary/aromatic N) is 1. The Morgan fingerprint density at radius 3 is 1.69 bits per heavy atom. The van der Waals surface area contributed by atoms with Crippen LogP contribution in [0.2, 0.25) is 0 Å². The molecule has 0 fully saturated rings. The maximum Gasteiger partial charge on any atom is 0.0714 e. The smallest absolute Gasteiger partial charge is 0.0714 e. The Bertz CT molecular complexity index is 3300. The van der Waals surface area contributed by atoms with Gasteiger partial charge in [-0.25, -0.2) is 0 Å². The van der Waals surface area contributed by atoms with Crippen LogP contribution in [0.1, 0.15) is 22.3 Å². The third-order valence-electron chi connectivity index (χ3n) is 12.2. The molecular formula is C55H35NS2. The van der Waals surface area contributed by atoms with Crippen LogP contribution in [0.25, 0.3) is 62.6 Å². The molecule has 12 rings (SSSR count). The third-order valence-corrected chi connectivity index (χ3v) is 14.4. The summed E-state index contributed by atoms with van der Waals surface area (Å²) in [6, 6.07) is 78.8. The second kappa shape index (κ2) is 13.1. The summed E-state index contributed by atoms with van der Waals surface area (Å²) in [5.41, 5.74) is 13.1. The Kier molecular flexibility index (Phi) is 7.56. The Morgan fingerprint density at radius 2 is 0.914 bits per heavy atom. The molecule has 0 spiro atoms. The summed E-state index contributed by atoms with van der Waals surface area (Å²) in [6.07, 6.45) is 0. The predicted octanol–water partition coefficient (Wildman–Crippen LogP) is 15.9. The van der Waals surface area contributed by atoms with Gasteiger partial charge in [-0.1, -0.05) is 158 Å². The SMILES string of the molecule is c1ccc(C2(c3ccccc3)c3ccccc3-c3c(N(c4ccc(-c5cccc6sc7ccccc7c56)cc4)c4ccc5sc6ccccc6c5c4)cccc32)cc1. The van der Waals surface area contributed by atoms with Crippen molar-refractivity contribution in [2.45, 2.75) is 5.41 Å². The van der Waals surface area contributed by atoms with E-state index in [-0.39, 0.29) is 0 Å². The predicted molar refractivity (Wildman–Crippen MR) is 250 cm³/mol. The molecule has 0 atom stereocenters. The molecule has 2 aromatic heterocycles. The van der Waals surface area contributed by atoms with Gasteiger partial charge >= 0.3 is 0 Å². The van der Waals surface area contributed by atoms with Gasteiger partial charge in [-0.2, -0.15) is 0 Å². The molecule has 9 aromatic carbocycles. The van der Waals surface area contributed by atoms with Crippen molar-refractivity contribution in [3.8, 4) is 22.3 Å². The lowest BCUT2D eigenvalue weighted by Crippen LogP contribution is -2.28. The van der Waals surface area contributed by atoms with Gasteiger partial charge in [-0.05, 0) is 93.5 Å². The first kappa shape index (κ1) is 33.4. The first-order valence-corrected chi connectivity index (χ1v) is 21.5. The molecule has 0 saturated carbocycles. The van der Waals surface area contributed by atoms with Crippen LogP contribution < -0.4 is 4.90 Å². The molecule has 0 radical (unpaired) electrons. The second-order valence-electron chi connectivity index (χ2n) is 15.2. The summed E-state index contributed by atoms with van der Waals surface area (Å²) in [5, 5.41) is 5.23. The molecule has 58 heavy (non-hydrogen) atoms. The lowest BCUT2D eigenvalue weighted by atomic mass is 9.68. The highest BCUT2D eigenvalue weighted by Crippen LogP contribution is 2.59. The van der Waals surface area contributed by atoms with E-state index in [9.17, 15) is 0 Å². The summed E-state index contributed by atoms with van der Waals surface area (Å²) in [6.45, 7) is 0. The van der Waals surface area contributed by atoms with Crippen LogP contribution in [-0.2, 0) is 5.41 Å². The van der Waals surface area contributed by atoms with E-state index in [1.54, 1.807) is 0 Å². The van der Waals surface area contributed by atoms with E-state index in [0.29, 0.717) is 0 Å². The maximum absolute atomic E-state index is 2.50. The molecule has 0 aliphatic heterocycles. The lowest BCUT2D eigenvalue weighted by Gasteiger charge is -2.34. The van der Waals surface area contributed by atoms with Crippen molar-refractivity contribution < 1.29 is 0 Å². The average molecular weight is 774 g/mol. The quantitative estimate of drug-likeness (QED) is 0.163. The molecule has 0 unspecified atom stereocenters. The number of fused-ring (bicyclic) bond motifs is 9. The fraction of sp³-hybridized carbons (Fsp3) is 0.0182. The largest absolute Gasteiger partial charge is 0.310 e. The minimum atomic E-state index is -0.491. The summed E-state index contributed by atoms with van der Waals surface area (Å²) in [7, 11) is 0. The molecule has 1 aliphatic carbocycles. The first-order chi connectivity index (χ1) is 28.8. The molecule has 0 bridgehead atoms. The second-order valence-corrected chi connectivity index (χ2v) is 17.3. The van der Waals surface area contributed by atoms with Crippen molar-refractivity contribution in [3.05, 3.63) is 235 Å². The van der Waals surface area contributed by atoms with Crippen molar-refractivity contribution >= 4 is 80.1 Å². The average Bonchev–Trinajstić information content (AvgIpc) is 3.96. The number of thiophene rings is 2. The maximum atomic E-state index is 2.50. The Labute approximate surface area is 345 Å². The molecule has 2 heterocycles. The molecule has 3 heteroatoms. The van der Waals surface area contributed by atoms with E-state index in [0.717, 1.165) is 17.1 Å². The van der Waals surface area contributed by atoms with Crippen molar-refractivity contribution in [1.82, 2.24) is 0 Å². The molecule has 11 aromatic rings. The van der Waals surface area contributed by atoms with Crippen LogP contribution in [0.3, 0.4) is 0 Å². The van der Waals surface area contributed by atoms with Gasteiger partial charge in [0.15, 0.2) is 0 Å². The van der Waals surface area contributed by atoms with Crippen molar-refractivity contribution in [2.24, 2.45) is 0 Å².